The van der Waals surface area contributed by atoms with Crippen molar-refractivity contribution >= 4 is 35.7 Å². The Labute approximate surface area is 139 Å². The molecule has 11 nitrogen and oxygen atoms in total. The van der Waals surface area contributed by atoms with Crippen LogP contribution in [0.1, 0.15) is 0 Å². The highest BCUT2D eigenvalue weighted by atomic mass is 79.9. The van der Waals surface area contributed by atoms with Crippen molar-refractivity contribution in [1.29, 1.82) is 0 Å². The summed E-state index contributed by atoms with van der Waals surface area (Å²) in [6.07, 6.45) is -2.58. The number of carbonyl (C=O) groups excluding carboxylic acids is 2. The average Bonchev–Trinajstić information content (AvgIpc) is 2.70. The highest BCUT2D eigenvalue weighted by Gasteiger charge is 2.44. The van der Waals surface area contributed by atoms with Crippen LogP contribution in [0.5, 0.6) is 0 Å². The van der Waals surface area contributed by atoms with Crippen LogP contribution in [0.3, 0.4) is 0 Å². The molecule has 2 heterocycles. The van der Waals surface area contributed by atoms with E-state index in [9.17, 15) is 24.4 Å². The second-order valence-corrected chi connectivity index (χ2v) is 7.66. The average molecular weight is 418 g/mol. The molecule has 6 N–H and O–H groups in total. The number of hydrogen-bond acceptors (Lipinski definition) is 7. The first kappa shape index (κ1) is 18.7. The number of aliphatic hydroxyl groups is 2. The van der Waals surface area contributed by atoms with Gasteiger partial charge < -0.3 is 30.2 Å². The van der Waals surface area contributed by atoms with Gasteiger partial charge in [-0.2, -0.15) is 0 Å². The first-order valence-corrected chi connectivity index (χ1v) is 9.09. The number of amides is 3. The molecule has 3 amide bonds. The zero-order valence-corrected chi connectivity index (χ0v) is 14.2. The van der Waals surface area contributed by atoms with Crippen LogP contribution in [0.15, 0.2) is 0 Å². The summed E-state index contributed by atoms with van der Waals surface area (Å²) >= 11 is 3.11. The molecule has 2 aliphatic heterocycles. The number of phosphoric acid groups is 1. The number of alkyl halides is 1. The van der Waals surface area contributed by atoms with E-state index in [4.69, 9.17) is 9.79 Å². The number of rotatable bonds is 5. The minimum absolute atomic E-state index is 0.00808. The van der Waals surface area contributed by atoms with E-state index in [1.165, 1.54) is 4.90 Å². The van der Waals surface area contributed by atoms with Crippen molar-refractivity contribution in [3.8, 4) is 0 Å². The molecule has 2 aliphatic rings. The van der Waals surface area contributed by atoms with Gasteiger partial charge in [0.2, 0.25) is 5.91 Å². The number of nitrogens with one attached hydrogen (secondary N) is 2. The van der Waals surface area contributed by atoms with Gasteiger partial charge in [0.25, 0.3) is 0 Å². The molecule has 0 spiro atoms. The van der Waals surface area contributed by atoms with E-state index in [0.717, 1.165) is 0 Å². The summed E-state index contributed by atoms with van der Waals surface area (Å²) in [6.45, 7) is -0.425. The second kappa shape index (κ2) is 7.11. The van der Waals surface area contributed by atoms with Crippen molar-refractivity contribution in [2.75, 3.05) is 19.7 Å². The molecule has 0 aromatic rings. The number of carbonyl (C=O) groups is 2. The van der Waals surface area contributed by atoms with Crippen molar-refractivity contribution in [1.82, 2.24) is 15.5 Å². The Bertz CT molecular complexity index is 530. The zero-order chi connectivity index (χ0) is 17.4. The Kier molecular flexibility index (Phi) is 5.80. The van der Waals surface area contributed by atoms with E-state index in [0.29, 0.717) is 0 Å². The van der Waals surface area contributed by atoms with E-state index >= 15 is 0 Å². The van der Waals surface area contributed by atoms with Crippen molar-refractivity contribution < 1.29 is 38.7 Å². The number of aliphatic hydroxyl groups excluding tert-OH is 2. The maximum Gasteiger partial charge on any atom is 0.469 e. The number of nitrogens with zero attached hydrogens (tertiary/aromatic N) is 1. The Hall–Kier alpha value is -0.590. The number of phosphoric ester groups is 1. The number of halogens is 1. The van der Waals surface area contributed by atoms with Gasteiger partial charge in [0.05, 0.1) is 30.9 Å². The van der Waals surface area contributed by atoms with Crippen LogP contribution in [-0.4, -0.2) is 85.7 Å². The molecule has 132 valence electrons. The van der Waals surface area contributed by atoms with Crippen molar-refractivity contribution in [2.45, 2.75) is 29.1 Å². The van der Waals surface area contributed by atoms with Crippen LogP contribution >= 0.6 is 23.8 Å². The van der Waals surface area contributed by atoms with Crippen LogP contribution in [-0.2, 0) is 13.9 Å². The summed E-state index contributed by atoms with van der Waals surface area (Å²) in [4.78, 5) is 41.1. The maximum absolute atomic E-state index is 11.7. The summed E-state index contributed by atoms with van der Waals surface area (Å²) in [5, 5.41) is 24.8. The molecular weight excluding hydrogens is 401 g/mol. The molecule has 5 atom stereocenters. The minimum atomic E-state index is -4.69. The molecular formula is C10H17BrN3O8P. The summed E-state index contributed by atoms with van der Waals surface area (Å²) < 4.78 is 15.0. The minimum Gasteiger partial charge on any atom is -0.389 e. The number of hydrogen-bond donors (Lipinski definition) is 6. The fourth-order valence-electron chi connectivity index (χ4n) is 2.45. The lowest BCUT2D eigenvalue weighted by atomic mass is 10.1. The summed E-state index contributed by atoms with van der Waals surface area (Å²) in [6, 6.07) is -2.27. The third-order valence-corrected chi connectivity index (χ3v) is 4.82. The molecule has 23 heavy (non-hydrogen) atoms. The second-order valence-electron chi connectivity index (χ2n) is 5.31. The maximum atomic E-state index is 11.7. The van der Waals surface area contributed by atoms with Crippen LogP contribution in [0.25, 0.3) is 0 Å². The Morgan fingerprint density at radius 3 is 2.48 bits per heavy atom. The molecule has 0 saturated carbocycles. The molecule has 2 fully saturated rings. The van der Waals surface area contributed by atoms with Gasteiger partial charge in [-0.25, -0.2) is 9.36 Å². The molecule has 2 saturated heterocycles. The molecule has 3 unspecified atom stereocenters. The third kappa shape index (κ3) is 4.70. The normalized spacial score (nSPS) is 35.5. The van der Waals surface area contributed by atoms with Gasteiger partial charge in [0, 0.05) is 13.1 Å². The highest BCUT2D eigenvalue weighted by molar-refractivity contribution is 9.10. The van der Waals surface area contributed by atoms with Crippen molar-refractivity contribution in [2.24, 2.45) is 0 Å². The molecule has 2 rings (SSSR count). The lowest BCUT2D eigenvalue weighted by Gasteiger charge is -2.32. The van der Waals surface area contributed by atoms with Gasteiger partial charge in [0.1, 0.15) is 4.83 Å². The molecule has 13 heteroatoms. The molecule has 0 aromatic heterocycles. The molecule has 0 bridgehead atoms. The fraction of sp³-hybridized carbons (Fsp3) is 0.800. The van der Waals surface area contributed by atoms with Crippen molar-refractivity contribution in [3.63, 3.8) is 0 Å². The third-order valence-electron chi connectivity index (χ3n) is 3.62. The van der Waals surface area contributed by atoms with E-state index in [-0.39, 0.29) is 13.1 Å². The molecule has 0 radical (unpaired) electrons. The highest BCUT2D eigenvalue weighted by Crippen LogP contribution is 2.36. The lowest BCUT2D eigenvalue weighted by molar-refractivity contribution is -0.120. The Balaban J connectivity index is 1.94. The number of urea groups is 1. The van der Waals surface area contributed by atoms with Crippen molar-refractivity contribution in [3.05, 3.63) is 0 Å². The van der Waals surface area contributed by atoms with E-state index < -0.39 is 55.5 Å². The standard InChI is InChI=1S/C10H17BrN3O8P/c11-4-1-14(10(18)13-9(4)17)2-5-7(15)8(16)6(12-5)3-22-23(19,20)21/h4-8,12,15-16H,1-3H2,(H,13,17,18)(H2,19,20,21)/t4?,5-,6+,7?,8?/m0/s1. The summed E-state index contributed by atoms with van der Waals surface area (Å²) in [7, 11) is -4.69. The van der Waals surface area contributed by atoms with Gasteiger partial charge in [-0.3, -0.25) is 14.6 Å². The lowest BCUT2D eigenvalue weighted by Crippen LogP contribution is -2.58. The van der Waals surface area contributed by atoms with Gasteiger partial charge in [0.15, 0.2) is 0 Å². The number of imide groups is 1. The van der Waals surface area contributed by atoms with Gasteiger partial charge in [-0.1, -0.05) is 15.9 Å². The molecule has 0 aliphatic carbocycles. The smallest absolute Gasteiger partial charge is 0.389 e. The Morgan fingerprint density at radius 1 is 1.26 bits per heavy atom. The van der Waals surface area contributed by atoms with E-state index in [2.05, 4.69) is 31.1 Å². The van der Waals surface area contributed by atoms with E-state index in [1.807, 2.05) is 0 Å². The Morgan fingerprint density at radius 2 is 1.87 bits per heavy atom. The summed E-state index contributed by atoms with van der Waals surface area (Å²) in [5.74, 6) is -0.459. The molecule has 0 aromatic carbocycles. The van der Waals surface area contributed by atoms with Crippen LogP contribution < -0.4 is 10.6 Å². The SMILES string of the molecule is O=C1NC(=O)N(C[C@@H]2N[C@H](COP(=O)(O)O)C(O)C2O)CC1Br. The van der Waals surface area contributed by atoms with Crippen LogP contribution in [0.4, 0.5) is 4.79 Å². The monoisotopic (exact) mass is 417 g/mol. The summed E-state index contributed by atoms with van der Waals surface area (Å²) in [5.41, 5.74) is 0. The largest absolute Gasteiger partial charge is 0.469 e. The first-order chi connectivity index (χ1) is 10.6. The van der Waals surface area contributed by atoms with Crippen LogP contribution in [0.2, 0.25) is 0 Å². The predicted molar refractivity (Wildman–Crippen MR) is 78.5 cm³/mol. The fourth-order valence-corrected chi connectivity index (χ4v) is 3.27. The van der Waals surface area contributed by atoms with Gasteiger partial charge in [-0.15, -0.1) is 0 Å². The van der Waals surface area contributed by atoms with E-state index in [1.54, 1.807) is 0 Å². The van der Waals surface area contributed by atoms with Gasteiger partial charge in [-0.05, 0) is 0 Å². The van der Waals surface area contributed by atoms with Gasteiger partial charge >= 0.3 is 13.9 Å². The van der Waals surface area contributed by atoms with Crippen LogP contribution in [0, 0.1) is 0 Å². The zero-order valence-electron chi connectivity index (χ0n) is 11.7. The topological polar surface area (TPSA) is 169 Å². The quantitative estimate of drug-likeness (QED) is 0.208. The first-order valence-electron chi connectivity index (χ1n) is 6.64. The predicted octanol–water partition coefficient (Wildman–Crippen LogP) is -2.53.